The summed E-state index contributed by atoms with van der Waals surface area (Å²) in [5.74, 6) is 3.17. The Morgan fingerprint density at radius 2 is 2.13 bits per heavy atom. The van der Waals surface area contributed by atoms with Gasteiger partial charge in [-0.3, -0.25) is 0 Å². The summed E-state index contributed by atoms with van der Waals surface area (Å²) in [5, 5.41) is 6.53. The quantitative estimate of drug-likeness (QED) is 0.254. The smallest absolute Gasteiger partial charge is 0.224 e. The normalized spacial score (nSPS) is 22.7. The van der Waals surface area contributed by atoms with Crippen LogP contribution < -0.4 is 15.5 Å². The van der Waals surface area contributed by atoms with Gasteiger partial charge in [-0.25, -0.2) is 20.0 Å². The zero-order valence-electron chi connectivity index (χ0n) is 23.3. The topological polar surface area (TPSA) is 103 Å². The number of hydrogen-bond acceptors (Lipinski definition) is 9. The zero-order valence-corrected chi connectivity index (χ0v) is 23.3. The van der Waals surface area contributed by atoms with Gasteiger partial charge in [0, 0.05) is 56.1 Å². The van der Waals surface area contributed by atoms with Gasteiger partial charge in [-0.1, -0.05) is 38.3 Å². The van der Waals surface area contributed by atoms with Gasteiger partial charge in [0.15, 0.2) is 0 Å². The Kier molecular flexibility index (Phi) is 9.21. The van der Waals surface area contributed by atoms with Gasteiger partial charge in [-0.2, -0.15) is 4.98 Å². The van der Waals surface area contributed by atoms with Crippen molar-refractivity contribution >= 4 is 29.8 Å². The minimum absolute atomic E-state index is 0.160. The van der Waals surface area contributed by atoms with Crippen molar-refractivity contribution in [3.05, 3.63) is 73.4 Å². The van der Waals surface area contributed by atoms with Crippen LogP contribution in [0.4, 0.5) is 17.6 Å². The number of aromatic nitrogens is 3. The first-order valence-corrected chi connectivity index (χ1v) is 13.2. The summed E-state index contributed by atoms with van der Waals surface area (Å²) in [6.07, 6.45) is 12.4. The molecule has 1 saturated heterocycles. The Labute approximate surface area is 231 Å². The zero-order chi connectivity index (χ0) is 27.8. The molecule has 2 aromatic heterocycles. The predicted molar refractivity (Wildman–Crippen MR) is 159 cm³/mol. The molecule has 10 heteroatoms. The van der Waals surface area contributed by atoms with Crippen molar-refractivity contribution in [2.24, 2.45) is 9.98 Å². The molecule has 2 aliphatic rings. The van der Waals surface area contributed by atoms with Crippen molar-refractivity contribution in [3.63, 3.8) is 0 Å². The summed E-state index contributed by atoms with van der Waals surface area (Å²) in [6.45, 7) is 13.6. The molecular weight excluding hydrogens is 490 g/mol. The van der Waals surface area contributed by atoms with Crippen LogP contribution in [0.5, 0.6) is 0 Å². The third-order valence-electron chi connectivity index (χ3n) is 7.12. The highest BCUT2D eigenvalue weighted by Crippen LogP contribution is 2.51. The van der Waals surface area contributed by atoms with Crippen LogP contribution in [-0.2, 0) is 16.7 Å². The minimum Gasteiger partial charge on any atom is -0.377 e. The number of hydrogen-bond donors (Lipinski definition) is 2. The summed E-state index contributed by atoms with van der Waals surface area (Å²) in [6, 6.07) is 6.34. The van der Waals surface area contributed by atoms with Gasteiger partial charge in [0.25, 0.3) is 0 Å². The Balaban J connectivity index is 1.54. The average molecular weight is 530 g/mol. The SMILES string of the molecule is C=CN=CN(C)C(C/C=C\CNc1ncc2c(n1)N(c1cccc(CNC)n1)[C@@H]1CC(C)OC[C@]21C)=NC=C. The first-order valence-electron chi connectivity index (χ1n) is 13.2. The monoisotopic (exact) mass is 529 g/mol. The van der Waals surface area contributed by atoms with Crippen molar-refractivity contribution in [3.8, 4) is 0 Å². The minimum atomic E-state index is -0.219. The van der Waals surface area contributed by atoms with E-state index in [0.717, 1.165) is 35.1 Å². The fourth-order valence-corrected chi connectivity index (χ4v) is 5.07. The molecule has 0 radical (unpaired) electrons. The molecule has 0 aliphatic carbocycles. The summed E-state index contributed by atoms with van der Waals surface area (Å²) in [5.41, 5.74) is 1.86. The molecule has 0 bridgehead atoms. The molecule has 4 rings (SSSR count). The number of nitrogens with one attached hydrogen (secondary N) is 2. The summed E-state index contributed by atoms with van der Waals surface area (Å²) >= 11 is 0. The number of aliphatic imine (C=N–C) groups is 2. The molecule has 10 nitrogen and oxygen atoms in total. The summed E-state index contributed by atoms with van der Waals surface area (Å²) in [7, 11) is 3.82. The maximum Gasteiger partial charge on any atom is 0.224 e. The average Bonchev–Trinajstić information content (AvgIpc) is 3.18. The Morgan fingerprint density at radius 3 is 2.90 bits per heavy atom. The molecule has 0 spiro atoms. The molecule has 1 unspecified atom stereocenters. The van der Waals surface area contributed by atoms with E-state index in [-0.39, 0.29) is 17.6 Å². The van der Waals surface area contributed by atoms with Gasteiger partial charge in [-0.15, -0.1) is 0 Å². The van der Waals surface area contributed by atoms with Crippen LogP contribution >= 0.6 is 0 Å². The lowest BCUT2D eigenvalue weighted by atomic mass is 9.76. The molecule has 4 heterocycles. The second kappa shape index (κ2) is 12.8. The van der Waals surface area contributed by atoms with Crippen LogP contribution in [0.1, 0.15) is 37.9 Å². The molecule has 2 N–H and O–H groups in total. The van der Waals surface area contributed by atoms with Crippen molar-refractivity contribution in [1.29, 1.82) is 0 Å². The highest BCUT2D eigenvalue weighted by Gasteiger charge is 2.53. The predicted octanol–water partition coefficient (Wildman–Crippen LogP) is 4.18. The van der Waals surface area contributed by atoms with Crippen LogP contribution in [-0.4, -0.2) is 71.4 Å². The van der Waals surface area contributed by atoms with Crippen molar-refractivity contribution in [2.75, 3.05) is 37.5 Å². The number of anilines is 3. The Morgan fingerprint density at radius 1 is 1.28 bits per heavy atom. The number of rotatable bonds is 11. The van der Waals surface area contributed by atoms with Gasteiger partial charge < -0.3 is 25.2 Å². The second-order valence-electron chi connectivity index (χ2n) is 9.95. The number of ether oxygens (including phenoxy) is 1. The van der Waals surface area contributed by atoms with Crippen LogP contribution in [0.25, 0.3) is 0 Å². The maximum atomic E-state index is 6.13. The summed E-state index contributed by atoms with van der Waals surface area (Å²) in [4.78, 5) is 27.1. The van der Waals surface area contributed by atoms with Crippen LogP contribution in [0.15, 0.2) is 72.1 Å². The van der Waals surface area contributed by atoms with Gasteiger partial charge in [0.05, 0.1) is 30.8 Å². The van der Waals surface area contributed by atoms with Gasteiger partial charge in [-0.05, 0) is 32.5 Å². The Bertz CT molecular complexity index is 1260. The van der Waals surface area contributed by atoms with Crippen LogP contribution in [0.2, 0.25) is 0 Å². The highest BCUT2D eigenvalue weighted by atomic mass is 16.5. The molecule has 39 heavy (non-hydrogen) atoms. The number of nitrogens with zero attached hydrogens (tertiary/aromatic N) is 7. The lowest BCUT2D eigenvalue weighted by Crippen LogP contribution is -2.50. The molecule has 0 amide bonds. The maximum absolute atomic E-state index is 6.13. The summed E-state index contributed by atoms with van der Waals surface area (Å²) < 4.78 is 6.13. The Hall–Kier alpha value is -3.89. The van der Waals surface area contributed by atoms with Crippen molar-refractivity contribution in [1.82, 2.24) is 25.2 Å². The van der Waals surface area contributed by atoms with E-state index < -0.39 is 0 Å². The third-order valence-corrected chi connectivity index (χ3v) is 7.12. The van der Waals surface area contributed by atoms with Gasteiger partial charge >= 0.3 is 0 Å². The molecule has 206 valence electrons. The fraction of sp³-hybridized carbons (Fsp3) is 0.414. The van der Waals surface area contributed by atoms with Crippen LogP contribution in [0.3, 0.4) is 0 Å². The van der Waals surface area contributed by atoms with E-state index in [1.165, 1.54) is 12.4 Å². The standard InChI is InChI=1S/C29H39N9O/c1-7-31-20-37(6)25(32-8-2)13-9-10-15-33-28-34-18-23-27(36-28)38(24-16-21(3)39-19-29(23,24)4)26-14-11-12-22(35-26)17-30-5/h7-12,14,18,20-21,24,30H,1-2,13,15-17,19H2,3-6H3,(H,33,34,36)/b10-9-,31-20?,32-25?/t21?,24-,29-/m1/s1. The largest absolute Gasteiger partial charge is 0.377 e. The number of fused-ring (bicyclic) bond motifs is 3. The molecule has 2 aromatic rings. The third kappa shape index (κ3) is 6.23. The lowest BCUT2D eigenvalue weighted by Gasteiger charge is -2.42. The first-order chi connectivity index (χ1) is 18.9. The lowest BCUT2D eigenvalue weighted by molar-refractivity contribution is -0.0216. The van der Waals surface area contributed by atoms with E-state index in [1.807, 2.05) is 43.4 Å². The van der Waals surface area contributed by atoms with E-state index in [0.29, 0.717) is 32.1 Å². The van der Waals surface area contributed by atoms with Crippen molar-refractivity contribution < 1.29 is 4.74 Å². The fourth-order valence-electron chi connectivity index (χ4n) is 5.07. The molecular formula is C29H39N9O. The van der Waals surface area contributed by atoms with Crippen molar-refractivity contribution in [2.45, 2.75) is 50.8 Å². The van der Waals surface area contributed by atoms with E-state index >= 15 is 0 Å². The molecule has 2 aliphatic heterocycles. The highest BCUT2D eigenvalue weighted by molar-refractivity contribution is 5.93. The second-order valence-corrected chi connectivity index (χ2v) is 9.95. The number of pyridine rings is 1. The molecule has 3 atom stereocenters. The first kappa shape index (κ1) is 28.1. The molecule has 0 saturated carbocycles. The van der Waals surface area contributed by atoms with E-state index in [4.69, 9.17) is 14.7 Å². The van der Waals surface area contributed by atoms with Gasteiger partial charge in [0.2, 0.25) is 5.95 Å². The van der Waals surface area contributed by atoms with E-state index in [9.17, 15) is 0 Å². The van der Waals surface area contributed by atoms with Crippen LogP contribution in [0, 0.1) is 0 Å². The van der Waals surface area contributed by atoms with E-state index in [2.05, 4.69) is 69.6 Å². The van der Waals surface area contributed by atoms with Gasteiger partial charge in [0.1, 0.15) is 17.5 Å². The molecule has 1 fully saturated rings. The number of amidine groups is 1. The van der Waals surface area contributed by atoms with E-state index in [1.54, 1.807) is 6.34 Å². The molecule has 0 aromatic carbocycles.